The molecule has 2 rings (SSSR count). The van der Waals surface area contributed by atoms with Crippen LogP contribution in [0.4, 0.5) is 16.2 Å². The van der Waals surface area contributed by atoms with Crippen molar-refractivity contribution in [2.24, 2.45) is 0 Å². The van der Waals surface area contributed by atoms with Crippen molar-refractivity contribution in [1.29, 1.82) is 0 Å². The summed E-state index contributed by atoms with van der Waals surface area (Å²) in [6, 6.07) is 4.75. The molecule has 102 valence electrons. The van der Waals surface area contributed by atoms with Crippen molar-refractivity contribution in [3.05, 3.63) is 33.9 Å². The molecule has 19 heavy (non-hydrogen) atoms. The molecule has 0 radical (unpaired) electrons. The SMILES string of the molecule is CC(C)(C)OC(=O)N1CCc2c1cccc2[N+](=O)[O-]. The molecule has 0 fully saturated rings. The van der Waals surface area contributed by atoms with Gasteiger partial charge in [-0.1, -0.05) is 6.07 Å². The van der Waals surface area contributed by atoms with Gasteiger partial charge in [0.2, 0.25) is 0 Å². The van der Waals surface area contributed by atoms with E-state index in [-0.39, 0.29) is 5.69 Å². The number of nitro benzene ring substituents is 1. The summed E-state index contributed by atoms with van der Waals surface area (Å²) in [5, 5.41) is 10.9. The van der Waals surface area contributed by atoms with Gasteiger partial charge in [0.15, 0.2) is 0 Å². The monoisotopic (exact) mass is 264 g/mol. The van der Waals surface area contributed by atoms with Crippen molar-refractivity contribution in [2.75, 3.05) is 11.4 Å². The number of amides is 1. The maximum atomic E-state index is 12.0. The summed E-state index contributed by atoms with van der Waals surface area (Å²) >= 11 is 0. The first-order valence-corrected chi connectivity index (χ1v) is 6.06. The lowest BCUT2D eigenvalue weighted by atomic mass is 10.1. The highest BCUT2D eigenvalue weighted by Gasteiger charge is 2.32. The Labute approximate surface area is 111 Å². The van der Waals surface area contributed by atoms with Gasteiger partial charge in [0.1, 0.15) is 5.60 Å². The van der Waals surface area contributed by atoms with E-state index in [0.29, 0.717) is 24.2 Å². The average Bonchev–Trinajstić information content (AvgIpc) is 2.69. The molecule has 0 aliphatic carbocycles. The lowest BCUT2D eigenvalue weighted by Gasteiger charge is -2.24. The van der Waals surface area contributed by atoms with E-state index in [9.17, 15) is 14.9 Å². The van der Waals surface area contributed by atoms with Crippen LogP contribution in [-0.2, 0) is 11.2 Å². The van der Waals surface area contributed by atoms with Gasteiger partial charge in [0.25, 0.3) is 5.69 Å². The minimum Gasteiger partial charge on any atom is -0.443 e. The molecule has 1 aromatic carbocycles. The molecule has 1 aromatic rings. The normalized spacial score (nSPS) is 14.2. The van der Waals surface area contributed by atoms with Gasteiger partial charge in [0, 0.05) is 12.6 Å². The summed E-state index contributed by atoms with van der Waals surface area (Å²) in [6.45, 7) is 5.77. The van der Waals surface area contributed by atoms with Crippen molar-refractivity contribution in [2.45, 2.75) is 32.8 Å². The first-order valence-electron chi connectivity index (χ1n) is 6.06. The van der Waals surface area contributed by atoms with Crippen molar-refractivity contribution >= 4 is 17.5 Å². The third-order valence-electron chi connectivity index (χ3n) is 2.81. The summed E-state index contributed by atoms with van der Waals surface area (Å²) in [6.07, 6.45) is 0.0119. The highest BCUT2D eigenvalue weighted by atomic mass is 16.6. The minimum atomic E-state index is -0.583. The van der Waals surface area contributed by atoms with E-state index < -0.39 is 16.6 Å². The number of hydrogen-bond donors (Lipinski definition) is 0. The Morgan fingerprint density at radius 2 is 2.11 bits per heavy atom. The Morgan fingerprint density at radius 1 is 1.42 bits per heavy atom. The molecule has 0 spiro atoms. The zero-order valence-electron chi connectivity index (χ0n) is 11.2. The lowest BCUT2D eigenvalue weighted by molar-refractivity contribution is -0.385. The average molecular weight is 264 g/mol. The van der Waals surface area contributed by atoms with Crippen LogP contribution in [-0.4, -0.2) is 23.2 Å². The van der Waals surface area contributed by atoms with Crippen LogP contribution in [0.1, 0.15) is 26.3 Å². The number of ether oxygens (including phenoxy) is 1. The molecule has 1 aliphatic rings. The molecule has 1 aliphatic heterocycles. The van der Waals surface area contributed by atoms with Crippen LogP contribution in [0.15, 0.2) is 18.2 Å². The van der Waals surface area contributed by atoms with E-state index >= 15 is 0 Å². The third-order valence-corrected chi connectivity index (χ3v) is 2.81. The van der Waals surface area contributed by atoms with E-state index in [0.717, 1.165) is 0 Å². The highest BCUT2D eigenvalue weighted by molar-refractivity contribution is 5.91. The maximum Gasteiger partial charge on any atom is 0.414 e. The largest absolute Gasteiger partial charge is 0.443 e. The first kappa shape index (κ1) is 13.3. The van der Waals surface area contributed by atoms with E-state index in [1.165, 1.54) is 11.0 Å². The molecule has 1 heterocycles. The molecule has 0 unspecified atom stereocenters. The predicted molar refractivity (Wildman–Crippen MR) is 70.4 cm³/mol. The summed E-state index contributed by atoms with van der Waals surface area (Å²) in [5.74, 6) is 0. The second-order valence-electron chi connectivity index (χ2n) is 5.41. The molecule has 6 heteroatoms. The molecule has 6 nitrogen and oxygen atoms in total. The lowest BCUT2D eigenvalue weighted by Crippen LogP contribution is -2.35. The number of carbonyl (C=O) groups is 1. The van der Waals surface area contributed by atoms with Gasteiger partial charge in [-0.15, -0.1) is 0 Å². The fourth-order valence-electron chi connectivity index (χ4n) is 2.09. The van der Waals surface area contributed by atoms with Gasteiger partial charge in [-0.05, 0) is 33.3 Å². The number of carbonyl (C=O) groups excluding carboxylic acids is 1. The molecule has 0 saturated carbocycles. The molecule has 1 amide bonds. The third kappa shape index (κ3) is 2.67. The molecular weight excluding hydrogens is 248 g/mol. The van der Waals surface area contributed by atoms with Crippen LogP contribution in [0.5, 0.6) is 0 Å². The number of fused-ring (bicyclic) bond motifs is 1. The summed E-state index contributed by atoms with van der Waals surface area (Å²) in [4.78, 5) is 24.0. The second kappa shape index (κ2) is 4.53. The van der Waals surface area contributed by atoms with Crippen molar-refractivity contribution < 1.29 is 14.5 Å². The van der Waals surface area contributed by atoms with Crippen LogP contribution in [0.3, 0.4) is 0 Å². The molecular formula is C13H16N2O4. The summed E-state index contributed by atoms with van der Waals surface area (Å²) in [5.41, 5.74) is 0.644. The predicted octanol–water partition coefficient (Wildman–Crippen LogP) is 2.89. The zero-order valence-corrected chi connectivity index (χ0v) is 11.2. The number of anilines is 1. The Kier molecular flexibility index (Phi) is 3.18. The molecule has 0 atom stereocenters. The standard InChI is InChI=1S/C13H16N2O4/c1-13(2,3)19-12(16)14-8-7-9-10(14)5-4-6-11(9)15(17)18/h4-6H,7-8H2,1-3H3. The van der Waals surface area contributed by atoms with Crippen molar-refractivity contribution in [1.82, 2.24) is 0 Å². The Bertz CT molecular complexity index is 534. The number of rotatable bonds is 1. The van der Waals surface area contributed by atoms with Crippen LogP contribution in [0.25, 0.3) is 0 Å². The fourth-order valence-corrected chi connectivity index (χ4v) is 2.09. The van der Waals surface area contributed by atoms with Gasteiger partial charge in [0.05, 0.1) is 16.2 Å². The molecule has 0 saturated heterocycles. The quantitative estimate of drug-likeness (QED) is 0.577. The van der Waals surface area contributed by atoms with Gasteiger partial charge in [-0.3, -0.25) is 15.0 Å². The van der Waals surface area contributed by atoms with E-state index in [2.05, 4.69) is 0 Å². The van der Waals surface area contributed by atoms with Gasteiger partial charge >= 0.3 is 6.09 Å². The fraction of sp³-hybridized carbons (Fsp3) is 0.462. The van der Waals surface area contributed by atoms with Gasteiger partial charge in [-0.25, -0.2) is 4.79 Å². The Balaban J connectivity index is 2.30. The van der Waals surface area contributed by atoms with Gasteiger partial charge in [-0.2, -0.15) is 0 Å². The topological polar surface area (TPSA) is 72.7 Å². The number of nitrogens with zero attached hydrogens (tertiary/aromatic N) is 2. The second-order valence-corrected chi connectivity index (χ2v) is 5.41. The van der Waals surface area contributed by atoms with Crippen LogP contribution < -0.4 is 4.90 Å². The van der Waals surface area contributed by atoms with Crippen LogP contribution in [0.2, 0.25) is 0 Å². The van der Waals surface area contributed by atoms with Crippen molar-refractivity contribution in [3.63, 3.8) is 0 Å². The van der Waals surface area contributed by atoms with E-state index in [1.54, 1.807) is 32.9 Å². The Hall–Kier alpha value is -2.11. The number of nitro groups is 1. The molecule has 0 N–H and O–H groups in total. The summed E-state index contributed by atoms with van der Waals surface area (Å²) in [7, 11) is 0. The smallest absolute Gasteiger partial charge is 0.414 e. The first-order chi connectivity index (χ1) is 8.79. The maximum absolute atomic E-state index is 12.0. The zero-order chi connectivity index (χ0) is 14.2. The molecule has 0 aromatic heterocycles. The Morgan fingerprint density at radius 3 is 2.68 bits per heavy atom. The number of benzene rings is 1. The number of hydrogen-bond acceptors (Lipinski definition) is 4. The van der Waals surface area contributed by atoms with Gasteiger partial charge < -0.3 is 4.74 Å². The molecule has 0 bridgehead atoms. The van der Waals surface area contributed by atoms with E-state index in [1.807, 2.05) is 0 Å². The summed E-state index contributed by atoms with van der Waals surface area (Å²) < 4.78 is 5.30. The minimum absolute atomic E-state index is 0.0589. The van der Waals surface area contributed by atoms with Crippen molar-refractivity contribution in [3.8, 4) is 0 Å². The highest BCUT2D eigenvalue weighted by Crippen LogP contribution is 2.35. The van der Waals surface area contributed by atoms with Crippen LogP contribution >= 0.6 is 0 Å². The van der Waals surface area contributed by atoms with E-state index in [4.69, 9.17) is 4.74 Å². The van der Waals surface area contributed by atoms with Crippen LogP contribution in [0, 0.1) is 10.1 Å².